The molecule has 5 rings (SSSR count). The maximum Gasteiger partial charge on any atom is 0.301 e. The van der Waals surface area contributed by atoms with E-state index in [0.29, 0.717) is 48.6 Å². The van der Waals surface area contributed by atoms with E-state index in [0.717, 1.165) is 17.7 Å². The van der Waals surface area contributed by atoms with E-state index in [2.05, 4.69) is 20.8 Å². The van der Waals surface area contributed by atoms with Crippen LogP contribution in [0, 0.1) is 27.2 Å². The molecule has 0 amide bonds. The molecule has 1 aromatic heterocycles. The summed E-state index contributed by atoms with van der Waals surface area (Å²) in [5.74, 6) is 1.24. The molecule has 0 aliphatic carbocycles. The first kappa shape index (κ1) is 27.8. The second-order valence-corrected chi connectivity index (χ2v) is 10.3. The van der Waals surface area contributed by atoms with Crippen molar-refractivity contribution in [2.75, 3.05) is 17.5 Å². The average molecular weight is 613 g/mol. The van der Waals surface area contributed by atoms with Crippen LogP contribution in [0.1, 0.15) is 16.1 Å². The largest absolute Gasteiger partial charge is 0.454 e. The number of fused-ring (bicyclic) bond motifs is 1. The van der Waals surface area contributed by atoms with Gasteiger partial charge in [0, 0.05) is 11.8 Å². The minimum Gasteiger partial charge on any atom is -0.454 e. The highest BCUT2D eigenvalue weighted by Gasteiger charge is 2.20. The van der Waals surface area contributed by atoms with Crippen LogP contribution < -0.4 is 20.2 Å². The molecular weight excluding hydrogens is 595 g/mol. The number of aromatic nitrogens is 1. The first-order valence-electron chi connectivity index (χ1n) is 11.7. The van der Waals surface area contributed by atoms with E-state index in [4.69, 9.17) is 32.7 Å². The molecule has 1 aliphatic rings. The van der Waals surface area contributed by atoms with E-state index in [-0.39, 0.29) is 12.5 Å². The van der Waals surface area contributed by atoms with Gasteiger partial charge in [-0.2, -0.15) is 5.10 Å². The number of nitrogens with zero attached hydrogens (tertiary/aromatic N) is 4. The van der Waals surface area contributed by atoms with Gasteiger partial charge in [-0.05, 0) is 55.0 Å². The molecule has 0 bridgehead atoms. The summed E-state index contributed by atoms with van der Waals surface area (Å²) < 4.78 is 10.8. The van der Waals surface area contributed by atoms with Crippen LogP contribution in [-0.4, -0.2) is 27.3 Å². The minimum absolute atomic E-state index is 0.0223. The van der Waals surface area contributed by atoms with Crippen molar-refractivity contribution in [3.63, 3.8) is 0 Å². The number of ether oxygens (including phenoxy) is 2. The first-order chi connectivity index (χ1) is 19.7. The third-order valence-corrected chi connectivity index (χ3v) is 7.55. The number of hydrogen-bond donors (Lipinski definition) is 2. The number of nitrogens with one attached hydrogen (secondary N) is 2. The fourth-order valence-electron chi connectivity index (χ4n) is 3.74. The third kappa shape index (κ3) is 6.38. The van der Waals surface area contributed by atoms with E-state index in [1.165, 1.54) is 17.4 Å². The Hall–Kier alpha value is -4.72. The molecule has 0 unspecified atom stereocenters. The average Bonchev–Trinajstić information content (AvgIpc) is 3.56. The minimum atomic E-state index is -0.718. The zero-order chi connectivity index (χ0) is 29.1. The summed E-state index contributed by atoms with van der Waals surface area (Å²) in [6, 6.07) is 13.8. The Bertz CT molecular complexity index is 1740. The van der Waals surface area contributed by atoms with E-state index < -0.39 is 21.2 Å². The van der Waals surface area contributed by atoms with E-state index >= 15 is 0 Å². The molecule has 15 heteroatoms. The fraction of sp³-hybridized carbons (Fsp3) is 0.0769. The highest BCUT2D eigenvalue weighted by molar-refractivity contribution is 7.18. The quantitative estimate of drug-likeness (QED) is 0.110. The number of hydrogen-bond acceptors (Lipinski definition) is 11. The molecule has 1 aliphatic heterocycles. The molecule has 0 atom stereocenters. The lowest BCUT2D eigenvalue weighted by Gasteiger charge is -2.05. The summed E-state index contributed by atoms with van der Waals surface area (Å²) in [7, 11) is 0. The predicted molar refractivity (Wildman–Crippen MR) is 158 cm³/mol. The maximum absolute atomic E-state index is 11.6. The van der Waals surface area contributed by atoms with Gasteiger partial charge in [0.05, 0.1) is 36.5 Å². The number of nitro benzene ring substituents is 2. The van der Waals surface area contributed by atoms with Gasteiger partial charge in [0.2, 0.25) is 6.79 Å². The van der Waals surface area contributed by atoms with Crippen LogP contribution in [0.15, 0.2) is 65.8 Å². The smallest absolute Gasteiger partial charge is 0.301 e. The molecule has 41 heavy (non-hydrogen) atoms. The summed E-state index contributed by atoms with van der Waals surface area (Å²) in [5, 5.41) is 31.7. The number of thiazole rings is 1. The van der Waals surface area contributed by atoms with E-state index in [1.54, 1.807) is 43.3 Å². The molecular formula is C26H18Cl2N6O6S. The number of aryl methyl sites for hydroxylation is 1. The number of rotatable bonds is 9. The van der Waals surface area contributed by atoms with Crippen molar-refractivity contribution >= 4 is 74.2 Å². The number of anilines is 3. The second kappa shape index (κ2) is 11.8. The van der Waals surface area contributed by atoms with E-state index in [1.807, 2.05) is 12.1 Å². The molecule has 2 heterocycles. The summed E-state index contributed by atoms with van der Waals surface area (Å²) in [6.45, 7) is 1.94. The first-order valence-corrected chi connectivity index (χ1v) is 13.3. The summed E-state index contributed by atoms with van der Waals surface area (Å²) in [5.41, 5.74) is 4.26. The number of non-ortho nitro benzene ring substituents is 1. The Morgan fingerprint density at radius 2 is 1.83 bits per heavy atom. The van der Waals surface area contributed by atoms with Crippen LogP contribution in [0.5, 0.6) is 11.5 Å². The summed E-state index contributed by atoms with van der Waals surface area (Å²) >= 11 is 13.4. The van der Waals surface area contributed by atoms with Crippen molar-refractivity contribution in [1.82, 2.24) is 4.98 Å². The number of hydrazone groups is 1. The topological polar surface area (TPSA) is 154 Å². The molecule has 0 saturated carbocycles. The Balaban J connectivity index is 1.50. The molecule has 12 nitrogen and oxygen atoms in total. The zero-order valence-electron chi connectivity index (χ0n) is 21.0. The van der Waals surface area contributed by atoms with Crippen molar-refractivity contribution in [2.45, 2.75) is 6.92 Å². The lowest BCUT2D eigenvalue weighted by molar-refractivity contribution is -0.393. The van der Waals surface area contributed by atoms with Gasteiger partial charge in [-0.3, -0.25) is 25.7 Å². The van der Waals surface area contributed by atoms with Gasteiger partial charge in [-0.25, -0.2) is 4.98 Å². The monoisotopic (exact) mass is 612 g/mol. The van der Waals surface area contributed by atoms with Gasteiger partial charge in [0.25, 0.3) is 5.69 Å². The van der Waals surface area contributed by atoms with Crippen LogP contribution >= 0.6 is 34.5 Å². The van der Waals surface area contributed by atoms with Gasteiger partial charge < -0.3 is 14.8 Å². The lowest BCUT2D eigenvalue weighted by atomic mass is 10.1. The van der Waals surface area contributed by atoms with Gasteiger partial charge in [-0.15, -0.1) is 0 Å². The number of nitro groups is 2. The van der Waals surface area contributed by atoms with Gasteiger partial charge in [0.15, 0.2) is 16.6 Å². The molecule has 0 saturated heterocycles. The molecule has 0 fully saturated rings. The normalized spacial score (nSPS) is 12.5. The zero-order valence-corrected chi connectivity index (χ0v) is 23.3. The van der Waals surface area contributed by atoms with Crippen LogP contribution in [0.3, 0.4) is 0 Å². The number of halogens is 2. The number of allylic oxidation sites excluding steroid dienone is 1. The fourth-order valence-corrected chi connectivity index (χ4v) is 4.99. The summed E-state index contributed by atoms with van der Waals surface area (Å²) in [6.07, 6.45) is 3.50. The highest BCUT2D eigenvalue weighted by Crippen LogP contribution is 2.34. The molecule has 208 valence electrons. The van der Waals surface area contributed by atoms with Crippen molar-refractivity contribution < 1.29 is 19.3 Å². The van der Waals surface area contributed by atoms with Crippen molar-refractivity contribution in [3.05, 3.63) is 107 Å². The molecule has 0 radical (unpaired) electrons. The Kier molecular flexibility index (Phi) is 8.01. The Labute approximate surface area is 246 Å². The van der Waals surface area contributed by atoms with Crippen LogP contribution in [0.25, 0.3) is 6.08 Å². The summed E-state index contributed by atoms with van der Waals surface area (Å²) in [4.78, 5) is 26.5. The van der Waals surface area contributed by atoms with Crippen LogP contribution in [0.4, 0.5) is 27.9 Å². The van der Waals surface area contributed by atoms with Gasteiger partial charge in [-0.1, -0.05) is 46.7 Å². The van der Waals surface area contributed by atoms with Crippen LogP contribution in [-0.2, 0) is 0 Å². The standard InChI is InChI=1S/C26H18Cl2N6O6S/c1-14-25(41-26(29-14)30-16-4-6-18(27)19(28)11-16)21(7-2-15-3-9-23-24(10-15)40-13-39-23)32-31-20-8-5-17(33(35)36)12-22(20)34(37)38/h2-12,31H,13H2,1H3,(H,29,30)/b7-2+,32-21?. The van der Waals surface area contributed by atoms with Gasteiger partial charge in [0.1, 0.15) is 11.4 Å². The second-order valence-electron chi connectivity index (χ2n) is 8.46. The van der Waals surface area contributed by atoms with Crippen molar-refractivity contribution in [3.8, 4) is 11.5 Å². The van der Waals surface area contributed by atoms with Crippen molar-refractivity contribution in [2.24, 2.45) is 5.10 Å². The van der Waals surface area contributed by atoms with Crippen molar-refractivity contribution in [1.29, 1.82) is 0 Å². The molecule has 0 spiro atoms. The molecule has 2 N–H and O–H groups in total. The van der Waals surface area contributed by atoms with E-state index in [9.17, 15) is 20.2 Å². The Morgan fingerprint density at radius 1 is 1.02 bits per heavy atom. The maximum atomic E-state index is 11.6. The SMILES string of the molecule is Cc1nc(Nc2ccc(Cl)c(Cl)c2)sc1C(/C=C/c1ccc2c(c1)OCO2)=NNc1ccc([N+](=O)[O-])cc1[N+](=O)[O-]. The Morgan fingerprint density at radius 3 is 2.59 bits per heavy atom. The predicted octanol–water partition coefficient (Wildman–Crippen LogP) is 7.58. The lowest BCUT2D eigenvalue weighted by Crippen LogP contribution is -2.03. The van der Waals surface area contributed by atoms with Gasteiger partial charge >= 0.3 is 5.69 Å². The molecule has 4 aromatic rings. The number of benzene rings is 3. The van der Waals surface area contributed by atoms with Crippen LogP contribution in [0.2, 0.25) is 10.0 Å². The third-order valence-electron chi connectivity index (χ3n) is 5.72. The molecule has 3 aromatic carbocycles. The highest BCUT2D eigenvalue weighted by atomic mass is 35.5.